The molecular weight excluding hydrogens is 179 g/mol. The highest BCUT2D eigenvalue weighted by Gasteiger charge is 2.25. The number of hydrogen-bond donors (Lipinski definition) is 0. The van der Waals surface area contributed by atoms with Gasteiger partial charge in [-0.15, -0.1) is 0 Å². The molecule has 0 bridgehead atoms. The fraction of sp³-hybridized carbons (Fsp3) is 0.500. The summed E-state index contributed by atoms with van der Waals surface area (Å²) in [5, 5.41) is 0. The molecule has 1 aliphatic rings. The Kier molecular flexibility index (Phi) is 2.44. The summed E-state index contributed by atoms with van der Waals surface area (Å²) in [5.41, 5.74) is 0.739. The molecule has 0 radical (unpaired) electrons. The van der Waals surface area contributed by atoms with Gasteiger partial charge >= 0.3 is 0 Å². The molecule has 2 heteroatoms. The largest absolute Gasteiger partial charge is 0.487 e. The first-order valence-electron chi connectivity index (χ1n) is 5.13. The number of rotatable bonds is 3. The Morgan fingerprint density at radius 2 is 2.07 bits per heavy atom. The van der Waals surface area contributed by atoms with Crippen LogP contribution >= 0.6 is 0 Å². The second-order valence-electron chi connectivity index (χ2n) is 4.13. The standard InChI is InChI=1S/C12H15FO/c1-8(2)10-4-3-5-11(12(10)13)14-9-6-7-9/h3-5,8-9H,6-7H2,1-2H3. The van der Waals surface area contributed by atoms with Gasteiger partial charge in [0.05, 0.1) is 6.10 Å². The van der Waals surface area contributed by atoms with Crippen LogP contribution in [0.15, 0.2) is 18.2 Å². The molecule has 76 valence electrons. The second-order valence-corrected chi connectivity index (χ2v) is 4.13. The molecule has 0 aromatic heterocycles. The molecule has 1 aliphatic carbocycles. The molecule has 0 unspecified atom stereocenters. The number of halogens is 1. The minimum absolute atomic E-state index is 0.186. The first-order chi connectivity index (χ1) is 6.68. The van der Waals surface area contributed by atoms with E-state index in [1.807, 2.05) is 26.0 Å². The summed E-state index contributed by atoms with van der Waals surface area (Å²) >= 11 is 0. The van der Waals surface area contributed by atoms with Gasteiger partial charge < -0.3 is 4.74 Å². The van der Waals surface area contributed by atoms with E-state index in [0.29, 0.717) is 5.75 Å². The van der Waals surface area contributed by atoms with E-state index in [1.54, 1.807) is 6.07 Å². The lowest BCUT2D eigenvalue weighted by atomic mass is 10.0. The number of hydrogen-bond acceptors (Lipinski definition) is 1. The minimum atomic E-state index is -0.186. The first-order valence-corrected chi connectivity index (χ1v) is 5.13. The zero-order valence-corrected chi connectivity index (χ0v) is 8.59. The van der Waals surface area contributed by atoms with E-state index in [4.69, 9.17) is 4.74 Å². The molecule has 1 nitrogen and oxygen atoms in total. The van der Waals surface area contributed by atoms with Crippen LogP contribution in [0.3, 0.4) is 0 Å². The van der Waals surface area contributed by atoms with Gasteiger partial charge in [0.1, 0.15) is 0 Å². The van der Waals surface area contributed by atoms with Crippen LogP contribution in [-0.4, -0.2) is 6.10 Å². The predicted molar refractivity (Wildman–Crippen MR) is 54.1 cm³/mol. The minimum Gasteiger partial charge on any atom is -0.487 e. The summed E-state index contributed by atoms with van der Waals surface area (Å²) in [6, 6.07) is 5.38. The number of benzene rings is 1. The van der Waals surface area contributed by atoms with Crippen LogP contribution in [0, 0.1) is 5.82 Å². The Morgan fingerprint density at radius 3 is 2.64 bits per heavy atom. The smallest absolute Gasteiger partial charge is 0.168 e. The Hall–Kier alpha value is -1.05. The molecular formula is C12H15FO. The van der Waals surface area contributed by atoms with Crippen molar-refractivity contribution in [3.63, 3.8) is 0 Å². The summed E-state index contributed by atoms with van der Waals surface area (Å²) in [6.07, 6.45) is 2.38. The fourth-order valence-electron chi connectivity index (χ4n) is 1.43. The van der Waals surface area contributed by atoms with Gasteiger partial charge in [-0.25, -0.2) is 4.39 Å². The molecule has 1 fully saturated rings. The van der Waals surface area contributed by atoms with Gasteiger partial charge in [0.15, 0.2) is 11.6 Å². The van der Waals surface area contributed by atoms with Crippen molar-refractivity contribution in [2.45, 2.75) is 38.7 Å². The van der Waals surface area contributed by atoms with E-state index >= 15 is 0 Å². The fourth-order valence-corrected chi connectivity index (χ4v) is 1.43. The predicted octanol–water partition coefficient (Wildman–Crippen LogP) is 3.49. The summed E-state index contributed by atoms with van der Waals surface area (Å²) in [4.78, 5) is 0. The van der Waals surface area contributed by atoms with Crippen LogP contribution in [-0.2, 0) is 0 Å². The first kappa shape index (κ1) is 9.50. The highest BCUT2D eigenvalue weighted by atomic mass is 19.1. The maximum absolute atomic E-state index is 13.8. The van der Waals surface area contributed by atoms with Crippen LogP contribution in [0.4, 0.5) is 4.39 Å². The molecule has 14 heavy (non-hydrogen) atoms. The molecule has 1 aromatic carbocycles. The van der Waals surface area contributed by atoms with E-state index in [2.05, 4.69) is 0 Å². The van der Waals surface area contributed by atoms with Crippen LogP contribution in [0.5, 0.6) is 5.75 Å². The highest BCUT2D eigenvalue weighted by molar-refractivity contribution is 5.33. The SMILES string of the molecule is CC(C)c1cccc(OC2CC2)c1F. The number of ether oxygens (including phenoxy) is 1. The average Bonchev–Trinajstić information content (AvgIpc) is 2.92. The molecule has 0 amide bonds. The van der Waals surface area contributed by atoms with Crippen molar-refractivity contribution in [2.75, 3.05) is 0 Å². The summed E-state index contributed by atoms with van der Waals surface area (Å²) in [5.74, 6) is 0.436. The summed E-state index contributed by atoms with van der Waals surface area (Å²) in [6.45, 7) is 3.97. The van der Waals surface area contributed by atoms with Crippen LogP contribution < -0.4 is 4.74 Å². The van der Waals surface area contributed by atoms with E-state index < -0.39 is 0 Å². The monoisotopic (exact) mass is 194 g/mol. The molecule has 2 rings (SSSR count). The molecule has 0 aliphatic heterocycles. The maximum atomic E-state index is 13.8. The van der Waals surface area contributed by atoms with Gasteiger partial charge in [0.2, 0.25) is 0 Å². The third-order valence-corrected chi connectivity index (χ3v) is 2.43. The van der Waals surface area contributed by atoms with Crippen LogP contribution in [0.25, 0.3) is 0 Å². The molecule has 0 atom stereocenters. The third kappa shape index (κ3) is 1.89. The molecule has 0 heterocycles. The van der Waals surface area contributed by atoms with E-state index in [9.17, 15) is 4.39 Å². The molecule has 0 saturated heterocycles. The van der Waals surface area contributed by atoms with Gasteiger partial charge in [0, 0.05) is 0 Å². The zero-order chi connectivity index (χ0) is 10.1. The topological polar surface area (TPSA) is 9.23 Å². The third-order valence-electron chi connectivity index (χ3n) is 2.43. The Labute approximate surface area is 83.9 Å². The highest BCUT2D eigenvalue weighted by Crippen LogP contribution is 2.31. The summed E-state index contributed by atoms with van der Waals surface area (Å²) < 4.78 is 19.3. The van der Waals surface area contributed by atoms with Gasteiger partial charge in [0.25, 0.3) is 0 Å². The van der Waals surface area contributed by atoms with E-state index in [-0.39, 0.29) is 17.8 Å². The van der Waals surface area contributed by atoms with Crippen LogP contribution in [0.2, 0.25) is 0 Å². The van der Waals surface area contributed by atoms with E-state index in [0.717, 1.165) is 18.4 Å². The van der Waals surface area contributed by atoms with Gasteiger partial charge in [-0.3, -0.25) is 0 Å². The maximum Gasteiger partial charge on any atom is 0.168 e. The Morgan fingerprint density at radius 1 is 1.36 bits per heavy atom. The van der Waals surface area contributed by atoms with Gasteiger partial charge in [-0.05, 0) is 30.4 Å². The molecule has 1 saturated carbocycles. The van der Waals surface area contributed by atoms with Crippen molar-refractivity contribution in [1.82, 2.24) is 0 Å². The van der Waals surface area contributed by atoms with Crippen LogP contribution in [0.1, 0.15) is 38.2 Å². The summed E-state index contributed by atoms with van der Waals surface area (Å²) in [7, 11) is 0. The molecule has 0 spiro atoms. The lowest BCUT2D eigenvalue weighted by Crippen LogP contribution is -2.01. The van der Waals surface area contributed by atoms with Crippen molar-refractivity contribution in [1.29, 1.82) is 0 Å². The Balaban J connectivity index is 2.25. The molecule has 0 N–H and O–H groups in total. The lowest BCUT2D eigenvalue weighted by molar-refractivity contribution is 0.286. The van der Waals surface area contributed by atoms with Crippen molar-refractivity contribution in [3.05, 3.63) is 29.6 Å². The normalized spacial score (nSPS) is 16.0. The lowest BCUT2D eigenvalue weighted by Gasteiger charge is -2.11. The zero-order valence-electron chi connectivity index (χ0n) is 8.59. The van der Waals surface area contributed by atoms with Gasteiger partial charge in [-0.1, -0.05) is 26.0 Å². The quantitative estimate of drug-likeness (QED) is 0.715. The molecule has 1 aromatic rings. The van der Waals surface area contributed by atoms with Crippen molar-refractivity contribution in [3.8, 4) is 5.75 Å². The average molecular weight is 194 g/mol. The van der Waals surface area contributed by atoms with Crippen molar-refractivity contribution < 1.29 is 9.13 Å². The van der Waals surface area contributed by atoms with Crippen molar-refractivity contribution >= 4 is 0 Å². The van der Waals surface area contributed by atoms with Gasteiger partial charge in [-0.2, -0.15) is 0 Å². The second kappa shape index (κ2) is 3.60. The van der Waals surface area contributed by atoms with E-state index in [1.165, 1.54) is 0 Å². The Bertz CT molecular complexity index is 329. The van der Waals surface area contributed by atoms with Crippen molar-refractivity contribution in [2.24, 2.45) is 0 Å².